The number of fused-ring (bicyclic) bond motifs is 6. The normalized spacial score (nSPS) is 18.0. The van der Waals surface area contributed by atoms with Crippen LogP contribution < -0.4 is 4.40 Å². The zero-order valence-corrected chi connectivity index (χ0v) is 38.3. The summed E-state index contributed by atoms with van der Waals surface area (Å²) in [5.74, 6) is 10.1. The molecule has 3 fully saturated rings. The molecule has 3 saturated carbocycles. The maximum atomic E-state index is 6.20. The van der Waals surface area contributed by atoms with Crippen molar-refractivity contribution in [1.29, 1.82) is 0 Å². The third-order valence-corrected chi connectivity index (χ3v) is 16.1. The Labute approximate surface area is 350 Å². The van der Waals surface area contributed by atoms with Crippen LogP contribution in [-0.4, -0.2) is 23.2 Å². The number of benzene rings is 4. The SMILES string of the molecule is CC(C)(C)Cc1cc(-c2[c-]ccc(-c3ccccc3)c2)nc[c]1[Ge]([CH3])([CH3])[CH3].[Ir].[c-]1ccc2c(oc3ccccc32)c1-c1cc(CC2CC3CCC2CC3)ccn1. The van der Waals surface area contributed by atoms with Crippen LogP contribution in [0.15, 0.2) is 120 Å². The first-order valence-corrected chi connectivity index (χ1v) is 27.7. The van der Waals surface area contributed by atoms with E-state index in [0.29, 0.717) is 0 Å². The van der Waals surface area contributed by atoms with Crippen molar-refractivity contribution >= 4 is 39.6 Å². The molecular weight excluding hydrogens is 921 g/mol. The summed E-state index contributed by atoms with van der Waals surface area (Å²) in [4.78, 5) is 9.54. The summed E-state index contributed by atoms with van der Waals surface area (Å²) in [7, 11) is 0. The van der Waals surface area contributed by atoms with Crippen LogP contribution >= 0.6 is 0 Å². The van der Waals surface area contributed by atoms with Gasteiger partial charge in [-0.3, -0.25) is 0 Å². The van der Waals surface area contributed by atoms with E-state index in [1.165, 1.54) is 65.2 Å². The Bertz CT molecular complexity index is 2410. The minimum atomic E-state index is -1.97. The average molecular weight is 976 g/mol. The molecular formula is C51H54GeIrN2O-2. The van der Waals surface area contributed by atoms with Gasteiger partial charge in [-0.05, 0) is 61.3 Å². The molecule has 0 aliphatic heterocycles. The van der Waals surface area contributed by atoms with Crippen molar-refractivity contribution < 1.29 is 24.5 Å². The summed E-state index contributed by atoms with van der Waals surface area (Å²) >= 11 is -1.97. The Morgan fingerprint density at radius 2 is 1.50 bits per heavy atom. The molecule has 2 bridgehead atoms. The molecule has 10 rings (SSSR count). The van der Waals surface area contributed by atoms with Crippen molar-refractivity contribution in [2.45, 2.75) is 83.0 Å². The fourth-order valence-electron chi connectivity index (χ4n) is 9.15. The number of para-hydroxylation sites is 1. The van der Waals surface area contributed by atoms with Gasteiger partial charge >= 0.3 is 167 Å². The van der Waals surface area contributed by atoms with Gasteiger partial charge in [-0.15, -0.1) is 18.2 Å². The molecule has 0 N–H and O–H groups in total. The standard InChI is InChI=1S/C26H24NO.C25H30GeN.Ir/c1-2-7-25-21(4-1)22-5-3-6-23(26(22)28-25)24-16-18(12-13-27-24)15-20-14-17-8-10-19(20)11-9-17;1-25(2,3)17-22-16-24(27-18-23(22)26(4,5)6)21-14-10-13-20(15-21)19-11-8-7-9-12-19;/h1-5,7,12-13,16-17,19-20H,8-11,14-15H2;7-13,15-16,18H,17H2,1-6H3;/q2*-1;. The Hall–Kier alpha value is -3.83. The molecule has 3 nitrogen and oxygen atoms in total. The van der Waals surface area contributed by atoms with Crippen LogP contribution in [0.4, 0.5) is 0 Å². The third kappa shape index (κ3) is 9.15. The molecule has 0 spiro atoms. The van der Waals surface area contributed by atoms with Crippen LogP contribution in [0.2, 0.25) is 17.3 Å². The molecule has 3 aromatic heterocycles. The molecule has 289 valence electrons. The smallest absolute Gasteiger partial charge is 0.120 e. The predicted octanol–water partition coefficient (Wildman–Crippen LogP) is 13.2. The molecule has 0 amide bonds. The van der Waals surface area contributed by atoms with Crippen molar-refractivity contribution in [1.82, 2.24) is 9.97 Å². The summed E-state index contributed by atoms with van der Waals surface area (Å²) in [6.07, 6.45) is 13.6. The van der Waals surface area contributed by atoms with Gasteiger partial charge in [0, 0.05) is 31.7 Å². The molecule has 5 heteroatoms. The number of furan rings is 1. The second-order valence-electron chi connectivity index (χ2n) is 18.3. The molecule has 1 radical (unpaired) electrons. The zero-order chi connectivity index (χ0) is 38.2. The van der Waals surface area contributed by atoms with Crippen LogP contribution in [0.25, 0.3) is 55.6 Å². The van der Waals surface area contributed by atoms with E-state index in [2.05, 4.69) is 140 Å². The van der Waals surface area contributed by atoms with Crippen LogP contribution in [0, 0.1) is 35.3 Å². The number of hydrogen-bond acceptors (Lipinski definition) is 3. The van der Waals surface area contributed by atoms with Crippen LogP contribution in [-0.2, 0) is 32.9 Å². The number of rotatable bonds is 7. The second kappa shape index (κ2) is 17.0. The number of aromatic nitrogens is 2. The van der Waals surface area contributed by atoms with Gasteiger partial charge in [-0.2, -0.15) is 0 Å². The molecule has 1 atom stereocenters. The van der Waals surface area contributed by atoms with Crippen molar-refractivity contribution in [3.05, 3.63) is 139 Å². The van der Waals surface area contributed by atoms with E-state index >= 15 is 0 Å². The van der Waals surface area contributed by atoms with Gasteiger partial charge in [-0.25, -0.2) is 0 Å². The monoisotopic (exact) mass is 977 g/mol. The second-order valence-corrected chi connectivity index (χ2v) is 28.9. The van der Waals surface area contributed by atoms with Crippen molar-refractivity contribution in [3.63, 3.8) is 0 Å². The van der Waals surface area contributed by atoms with E-state index in [0.717, 1.165) is 68.6 Å². The molecule has 3 aliphatic carbocycles. The first-order chi connectivity index (χ1) is 26.5. The van der Waals surface area contributed by atoms with Crippen LogP contribution in [0.5, 0.6) is 0 Å². The quantitative estimate of drug-likeness (QED) is 0.118. The Kier molecular flexibility index (Phi) is 12.2. The number of hydrogen-bond donors (Lipinski definition) is 0. The van der Waals surface area contributed by atoms with Gasteiger partial charge in [0.1, 0.15) is 5.58 Å². The average Bonchev–Trinajstić information content (AvgIpc) is 3.57. The van der Waals surface area contributed by atoms with Gasteiger partial charge < -0.3 is 9.40 Å². The predicted molar refractivity (Wildman–Crippen MR) is 233 cm³/mol. The van der Waals surface area contributed by atoms with E-state index < -0.39 is 13.3 Å². The third-order valence-electron chi connectivity index (χ3n) is 11.8. The first-order valence-electron chi connectivity index (χ1n) is 20.3. The Morgan fingerprint density at radius 3 is 2.23 bits per heavy atom. The minimum Gasteiger partial charge on any atom is -0.501 e. The fraction of sp³-hybridized carbons (Fsp3) is 0.333. The van der Waals surface area contributed by atoms with Crippen molar-refractivity contribution in [2.75, 3.05) is 0 Å². The first kappa shape index (κ1) is 40.4. The molecule has 7 aromatic rings. The van der Waals surface area contributed by atoms with E-state index in [4.69, 9.17) is 9.40 Å². The largest absolute Gasteiger partial charge is 0.501 e. The van der Waals surface area contributed by atoms with E-state index in [-0.39, 0.29) is 25.5 Å². The summed E-state index contributed by atoms with van der Waals surface area (Å²) in [5, 5.41) is 2.29. The molecule has 4 aromatic carbocycles. The van der Waals surface area contributed by atoms with E-state index in [1.54, 1.807) is 0 Å². The number of pyridine rings is 2. The summed E-state index contributed by atoms with van der Waals surface area (Å²) < 4.78 is 7.72. The van der Waals surface area contributed by atoms with E-state index in [9.17, 15) is 0 Å². The molecule has 3 aliphatic rings. The zero-order valence-electron chi connectivity index (χ0n) is 33.8. The van der Waals surface area contributed by atoms with Crippen molar-refractivity contribution in [2.24, 2.45) is 23.2 Å². The van der Waals surface area contributed by atoms with Gasteiger partial charge in [0.2, 0.25) is 0 Å². The van der Waals surface area contributed by atoms with Gasteiger partial charge in [0.15, 0.2) is 0 Å². The Morgan fingerprint density at radius 1 is 0.750 bits per heavy atom. The summed E-state index contributed by atoms with van der Waals surface area (Å²) in [6, 6.07) is 42.7. The maximum absolute atomic E-state index is 6.20. The summed E-state index contributed by atoms with van der Waals surface area (Å²) in [6.45, 7) is 6.94. The van der Waals surface area contributed by atoms with Gasteiger partial charge in [-0.1, -0.05) is 53.6 Å². The number of nitrogens with zero attached hydrogens (tertiary/aromatic N) is 2. The Balaban J connectivity index is 0.000000169. The molecule has 0 saturated heterocycles. The molecule has 3 heterocycles. The molecule has 56 heavy (non-hydrogen) atoms. The van der Waals surface area contributed by atoms with Crippen LogP contribution in [0.1, 0.15) is 64.0 Å². The van der Waals surface area contributed by atoms with E-state index in [1.807, 2.05) is 30.5 Å². The van der Waals surface area contributed by atoms with Gasteiger partial charge in [0.05, 0.1) is 5.58 Å². The summed E-state index contributed by atoms with van der Waals surface area (Å²) in [5.41, 5.74) is 11.4. The van der Waals surface area contributed by atoms with Crippen LogP contribution in [0.3, 0.4) is 0 Å². The van der Waals surface area contributed by atoms with Gasteiger partial charge in [0.25, 0.3) is 0 Å². The fourth-order valence-corrected chi connectivity index (χ4v) is 12.5. The minimum absolute atomic E-state index is 0. The maximum Gasteiger partial charge on any atom is 0.120 e. The molecule has 1 unspecified atom stereocenters. The van der Waals surface area contributed by atoms with Crippen molar-refractivity contribution in [3.8, 4) is 33.6 Å². The topological polar surface area (TPSA) is 38.9 Å².